The van der Waals surface area contributed by atoms with Crippen LogP contribution in [0.2, 0.25) is 5.02 Å². The van der Waals surface area contributed by atoms with E-state index in [1.165, 1.54) is 11.6 Å². The number of hydrogen-bond acceptors (Lipinski definition) is 2. The summed E-state index contributed by atoms with van der Waals surface area (Å²) in [5, 5.41) is 0.385. The van der Waals surface area contributed by atoms with Crippen LogP contribution in [-0.4, -0.2) is 22.0 Å². The molecule has 1 aliphatic heterocycles. The first-order valence-electron chi connectivity index (χ1n) is 11.8. The molecule has 0 spiro atoms. The number of imidazole rings is 1. The van der Waals surface area contributed by atoms with Crippen molar-refractivity contribution in [2.24, 2.45) is 0 Å². The number of amides is 1. The van der Waals surface area contributed by atoms with E-state index in [-0.39, 0.29) is 24.2 Å². The van der Waals surface area contributed by atoms with E-state index in [0.717, 1.165) is 41.8 Å². The average Bonchev–Trinajstić information content (AvgIpc) is 3.41. The minimum Gasteiger partial charge on any atom is -0.323 e. The van der Waals surface area contributed by atoms with E-state index in [1.54, 1.807) is 12.1 Å². The zero-order valence-corrected chi connectivity index (χ0v) is 19.9. The minimum absolute atomic E-state index is 0.0776. The lowest BCUT2D eigenvalue weighted by molar-refractivity contribution is -0.117. The van der Waals surface area contributed by atoms with Crippen LogP contribution in [0, 0.1) is 5.82 Å². The van der Waals surface area contributed by atoms with Crippen molar-refractivity contribution < 1.29 is 9.18 Å². The predicted molar refractivity (Wildman–Crippen MR) is 135 cm³/mol. The fourth-order valence-corrected chi connectivity index (χ4v) is 4.99. The van der Waals surface area contributed by atoms with Gasteiger partial charge in [-0.1, -0.05) is 55.3 Å². The first-order valence-corrected chi connectivity index (χ1v) is 12.2. The van der Waals surface area contributed by atoms with E-state index in [1.807, 2.05) is 45.9 Å². The molecule has 1 atom stereocenters. The van der Waals surface area contributed by atoms with Crippen LogP contribution in [0.15, 0.2) is 66.7 Å². The number of carbonyl (C=O) groups is 1. The lowest BCUT2D eigenvalue weighted by Crippen LogP contribution is -2.24. The number of fused-ring (bicyclic) bond motifs is 1. The lowest BCUT2D eigenvalue weighted by atomic mass is 10.1. The van der Waals surface area contributed by atoms with Gasteiger partial charge >= 0.3 is 0 Å². The third-order valence-corrected chi connectivity index (χ3v) is 6.97. The van der Waals surface area contributed by atoms with Crippen LogP contribution in [0.1, 0.15) is 49.1 Å². The molecule has 4 nitrogen and oxygen atoms in total. The number of aromatic nitrogens is 2. The summed E-state index contributed by atoms with van der Waals surface area (Å²) in [5.41, 5.74) is 4.36. The van der Waals surface area contributed by atoms with Crippen LogP contribution < -0.4 is 4.90 Å². The SMILES string of the molecule is CCCCc1ccc(N2CC(c3nc4ccccc4n3Cc3c(F)cccc3Cl)CC2=O)cc1. The number of para-hydroxylation sites is 2. The highest BCUT2D eigenvalue weighted by atomic mass is 35.5. The molecule has 5 rings (SSSR count). The second kappa shape index (κ2) is 9.59. The Bertz CT molecular complexity index is 1310. The highest BCUT2D eigenvalue weighted by molar-refractivity contribution is 6.31. The monoisotopic (exact) mass is 475 g/mol. The summed E-state index contributed by atoms with van der Waals surface area (Å²) < 4.78 is 16.6. The van der Waals surface area contributed by atoms with Gasteiger partial charge in [0.15, 0.2) is 0 Å². The second-order valence-corrected chi connectivity index (χ2v) is 9.33. The summed E-state index contributed by atoms with van der Waals surface area (Å²) in [6, 6.07) is 20.8. The Kier molecular flexibility index (Phi) is 6.38. The predicted octanol–water partition coefficient (Wildman–Crippen LogP) is 6.74. The number of benzene rings is 3. The van der Waals surface area contributed by atoms with Crippen molar-refractivity contribution in [3.63, 3.8) is 0 Å². The molecule has 0 saturated carbocycles. The Morgan fingerprint density at radius 1 is 1.06 bits per heavy atom. The van der Waals surface area contributed by atoms with Gasteiger partial charge in [0.1, 0.15) is 11.6 Å². The van der Waals surface area contributed by atoms with E-state index in [2.05, 4.69) is 19.1 Å². The fourth-order valence-electron chi connectivity index (χ4n) is 4.77. The lowest BCUT2D eigenvalue weighted by Gasteiger charge is -2.18. The van der Waals surface area contributed by atoms with Crippen molar-refractivity contribution in [3.8, 4) is 0 Å². The molecule has 2 heterocycles. The number of halogens is 2. The Labute approximate surface area is 204 Å². The first kappa shape index (κ1) is 22.6. The van der Waals surface area contributed by atoms with Crippen LogP contribution in [-0.2, 0) is 17.8 Å². The molecule has 1 saturated heterocycles. The van der Waals surface area contributed by atoms with Crippen LogP contribution >= 0.6 is 11.6 Å². The average molecular weight is 476 g/mol. The van der Waals surface area contributed by atoms with Crippen LogP contribution in [0.4, 0.5) is 10.1 Å². The number of nitrogens with zero attached hydrogens (tertiary/aromatic N) is 3. The number of anilines is 1. The molecule has 4 aromatic rings. The van der Waals surface area contributed by atoms with Crippen molar-refractivity contribution in [1.82, 2.24) is 9.55 Å². The summed E-state index contributed by atoms with van der Waals surface area (Å²) in [4.78, 5) is 19.7. The third-order valence-electron chi connectivity index (χ3n) is 6.62. The van der Waals surface area contributed by atoms with Gasteiger partial charge in [-0.25, -0.2) is 9.37 Å². The van der Waals surface area contributed by atoms with Gasteiger partial charge < -0.3 is 9.47 Å². The minimum atomic E-state index is -0.344. The topological polar surface area (TPSA) is 38.1 Å². The maximum atomic E-state index is 14.6. The molecular weight excluding hydrogens is 449 g/mol. The van der Waals surface area contributed by atoms with Crippen LogP contribution in [0.25, 0.3) is 11.0 Å². The van der Waals surface area contributed by atoms with Gasteiger partial charge in [0.25, 0.3) is 0 Å². The van der Waals surface area contributed by atoms with E-state index < -0.39 is 0 Å². The summed E-state index contributed by atoms with van der Waals surface area (Å²) in [7, 11) is 0. The first-order chi connectivity index (χ1) is 16.5. The molecule has 34 heavy (non-hydrogen) atoms. The van der Waals surface area contributed by atoms with Crippen molar-refractivity contribution in [2.45, 2.75) is 45.1 Å². The summed E-state index contributed by atoms with van der Waals surface area (Å²) >= 11 is 6.34. The van der Waals surface area contributed by atoms with Crippen molar-refractivity contribution >= 4 is 34.2 Å². The van der Waals surface area contributed by atoms with E-state index in [0.29, 0.717) is 23.6 Å². The standard InChI is InChI=1S/C28H27ClFN3O/c1-2-3-7-19-12-14-21(15-13-19)32-17-20(16-27(32)34)28-31-25-10-4-5-11-26(25)33(28)18-22-23(29)8-6-9-24(22)30/h4-6,8-15,20H,2-3,7,16-18H2,1H3. The number of aryl methyl sites for hydroxylation is 1. The maximum absolute atomic E-state index is 14.6. The van der Waals surface area contributed by atoms with Gasteiger partial charge in [-0.15, -0.1) is 0 Å². The molecule has 0 radical (unpaired) electrons. The van der Waals surface area contributed by atoms with Crippen LogP contribution in [0.3, 0.4) is 0 Å². The fraction of sp³-hybridized carbons (Fsp3) is 0.286. The molecular formula is C28H27ClFN3O. The largest absolute Gasteiger partial charge is 0.323 e. The molecule has 6 heteroatoms. The van der Waals surface area contributed by atoms with Crippen molar-refractivity contribution in [2.75, 3.05) is 11.4 Å². The van der Waals surface area contributed by atoms with Gasteiger partial charge in [-0.3, -0.25) is 4.79 Å². The molecule has 1 aliphatic rings. The summed E-state index contributed by atoms with van der Waals surface area (Å²) in [6.45, 7) is 2.99. The van der Waals surface area contributed by atoms with Gasteiger partial charge in [0, 0.05) is 35.2 Å². The van der Waals surface area contributed by atoms with Gasteiger partial charge in [-0.05, 0) is 54.8 Å². The third kappa shape index (κ3) is 4.32. The van der Waals surface area contributed by atoms with Crippen LogP contribution in [0.5, 0.6) is 0 Å². The second-order valence-electron chi connectivity index (χ2n) is 8.92. The molecule has 174 valence electrons. The number of rotatable bonds is 7. The highest BCUT2D eigenvalue weighted by Gasteiger charge is 2.35. The number of unbranched alkanes of at least 4 members (excludes halogenated alkanes) is 1. The molecule has 3 aromatic carbocycles. The number of carbonyl (C=O) groups excluding carboxylic acids is 1. The molecule has 0 bridgehead atoms. The maximum Gasteiger partial charge on any atom is 0.227 e. The molecule has 1 aromatic heterocycles. The van der Waals surface area contributed by atoms with E-state index >= 15 is 0 Å². The Balaban J connectivity index is 1.46. The molecule has 0 aliphatic carbocycles. The van der Waals surface area contributed by atoms with Gasteiger partial charge in [0.2, 0.25) is 5.91 Å². The molecule has 1 fully saturated rings. The Morgan fingerprint density at radius 3 is 2.62 bits per heavy atom. The van der Waals surface area contributed by atoms with Crippen molar-refractivity contribution in [3.05, 3.63) is 94.5 Å². The summed E-state index contributed by atoms with van der Waals surface area (Å²) in [6.07, 6.45) is 3.74. The molecule has 0 N–H and O–H groups in total. The molecule has 1 unspecified atom stereocenters. The zero-order chi connectivity index (χ0) is 23.7. The normalized spacial score (nSPS) is 16.0. The van der Waals surface area contributed by atoms with Gasteiger partial charge in [0.05, 0.1) is 17.6 Å². The quantitative estimate of drug-likeness (QED) is 0.297. The zero-order valence-electron chi connectivity index (χ0n) is 19.2. The smallest absolute Gasteiger partial charge is 0.227 e. The summed E-state index contributed by atoms with van der Waals surface area (Å²) in [5.74, 6) is 0.429. The van der Waals surface area contributed by atoms with Gasteiger partial charge in [-0.2, -0.15) is 0 Å². The number of hydrogen-bond donors (Lipinski definition) is 0. The van der Waals surface area contributed by atoms with Crippen molar-refractivity contribution in [1.29, 1.82) is 0 Å². The Morgan fingerprint density at radius 2 is 1.85 bits per heavy atom. The molecule has 1 amide bonds. The highest BCUT2D eigenvalue weighted by Crippen LogP contribution is 2.34. The van der Waals surface area contributed by atoms with E-state index in [4.69, 9.17) is 16.6 Å². The Hall–Kier alpha value is -3.18. The van der Waals surface area contributed by atoms with E-state index in [9.17, 15) is 9.18 Å².